The number of para-hydroxylation sites is 1. The maximum Gasteiger partial charge on any atom is 0.143 e. The Morgan fingerprint density at radius 2 is 0.959 bits per heavy atom. The predicted molar refractivity (Wildman–Crippen MR) is 204 cm³/mol. The smallest absolute Gasteiger partial charge is 0.143 e. The van der Waals surface area contributed by atoms with Crippen LogP contribution in [0.2, 0.25) is 0 Å². The number of benzene rings is 8. The molecule has 2 heterocycles. The average molecular weight is 628 g/mol. The zero-order chi connectivity index (χ0) is 32.3. The fraction of sp³-hybridized carbons (Fsp3) is 0. The van der Waals surface area contributed by atoms with E-state index in [0.29, 0.717) is 0 Å². The van der Waals surface area contributed by atoms with Gasteiger partial charge < -0.3 is 13.7 Å². The molecular weight excluding hydrogens is 599 g/mol. The average Bonchev–Trinajstić information content (AvgIpc) is 3.75. The van der Waals surface area contributed by atoms with Gasteiger partial charge in [-0.15, -0.1) is 0 Å². The van der Waals surface area contributed by atoms with E-state index < -0.39 is 0 Å². The molecule has 3 heteroatoms. The van der Waals surface area contributed by atoms with E-state index in [1.807, 2.05) is 12.1 Å². The zero-order valence-corrected chi connectivity index (χ0v) is 26.5. The number of hydrogen-bond acceptors (Lipinski definition) is 3. The number of fused-ring (bicyclic) bond motifs is 8. The first-order chi connectivity index (χ1) is 24.3. The van der Waals surface area contributed by atoms with Crippen molar-refractivity contribution in [1.82, 2.24) is 0 Å². The normalized spacial score (nSPS) is 11.7. The summed E-state index contributed by atoms with van der Waals surface area (Å²) in [5.41, 5.74) is 11.3. The van der Waals surface area contributed by atoms with Crippen LogP contribution in [0.15, 0.2) is 185 Å². The van der Waals surface area contributed by atoms with Gasteiger partial charge in [0.05, 0.1) is 22.1 Å². The molecule has 0 radical (unpaired) electrons. The van der Waals surface area contributed by atoms with Gasteiger partial charge in [-0.3, -0.25) is 0 Å². The van der Waals surface area contributed by atoms with E-state index in [-0.39, 0.29) is 0 Å². The quantitative estimate of drug-likeness (QED) is 0.190. The van der Waals surface area contributed by atoms with Crippen molar-refractivity contribution in [1.29, 1.82) is 0 Å². The first-order valence-electron chi connectivity index (χ1n) is 16.6. The first-order valence-corrected chi connectivity index (χ1v) is 16.6. The molecule has 2 aromatic heterocycles. The van der Waals surface area contributed by atoms with Gasteiger partial charge >= 0.3 is 0 Å². The molecule has 0 fully saturated rings. The van der Waals surface area contributed by atoms with Crippen molar-refractivity contribution < 1.29 is 8.83 Å². The highest BCUT2D eigenvalue weighted by Crippen LogP contribution is 2.48. The van der Waals surface area contributed by atoms with Crippen LogP contribution in [-0.2, 0) is 0 Å². The standard InChI is InChI=1S/C46H29NO2/c1-3-13-30(14-4-1)34-28-26-33(29-38(34)31-15-5-2-6-16-31)47(39-20-11-23-42-44(39)36-19-9-10-22-41(36)48-42)40-21-12-24-43-45(40)37-27-25-32-17-7-8-18-35(32)46(37)49-43/h1-29H. The van der Waals surface area contributed by atoms with E-state index in [1.54, 1.807) is 0 Å². The Kier molecular flexibility index (Phi) is 6.18. The van der Waals surface area contributed by atoms with Gasteiger partial charge in [-0.25, -0.2) is 0 Å². The lowest BCUT2D eigenvalue weighted by Crippen LogP contribution is -2.11. The van der Waals surface area contributed by atoms with Crippen LogP contribution in [0.25, 0.3) is 76.9 Å². The summed E-state index contributed by atoms with van der Waals surface area (Å²) >= 11 is 0. The molecule has 0 saturated carbocycles. The number of anilines is 3. The highest BCUT2D eigenvalue weighted by atomic mass is 16.3. The summed E-state index contributed by atoms with van der Waals surface area (Å²) in [6, 6.07) is 62.0. The van der Waals surface area contributed by atoms with E-state index in [9.17, 15) is 0 Å². The van der Waals surface area contributed by atoms with E-state index in [2.05, 4.69) is 169 Å². The summed E-state index contributed by atoms with van der Waals surface area (Å²) in [6.45, 7) is 0. The first kappa shape index (κ1) is 27.5. The highest BCUT2D eigenvalue weighted by Gasteiger charge is 2.24. The molecular formula is C46H29NO2. The summed E-state index contributed by atoms with van der Waals surface area (Å²) in [7, 11) is 0. The molecule has 0 atom stereocenters. The molecule has 0 unspecified atom stereocenters. The van der Waals surface area contributed by atoms with Crippen LogP contribution in [-0.4, -0.2) is 0 Å². The third kappa shape index (κ3) is 4.37. The lowest BCUT2D eigenvalue weighted by atomic mass is 9.93. The van der Waals surface area contributed by atoms with Crippen LogP contribution in [0.5, 0.6) is 0 Å². The molecule has 49 heavy (non-hydrogen) atoms. The number of hydrogen-bond donors (Lipinski definition) is 0. The van der Waals surface area contributed by atoms with Gasteiger partial charge in [0.1, 0.15) is 22.3 Å². The van der Waals surface area contributed by atoms with Crippen molar-refractivity contribution in [2.75, 3.05) is 4.90 Å². The van der Waals surface area contributed by atoms with Crippen molar-refractivity contribution in [2.24, 2.45) is 0 Å². The Balaban J connectivity index is 1.32. The van der Waals surface area contributed by atoms with Crippen molar-refractivity contribution in [3.8, 4) is 22.3 Å². The minimum Gasteiger partial charge on any atom is -0.456 e. The number of furan rings is 2. The SMILES string of the molecule is c1ccc(-c2ccc(N(c3cccc4oc5ccccc5c34)c3cccc4oc5c6ccccc6ccc5c34)cc2-c2ccccc2)cc1. The molecule has 0 amide bonds. The maximum atomic E-state index is 6.70. The Morgan fingerprint density at radius 1 is 0.367 bits per heavy atom. The molecule has 0 aliphatic rings. The fourth-order valence-corrected chi connectivity index (χ4v) is 7.47. The minimum absolute atomic E-state index is 0.849. The van der Waals surface area contributed by atoms with Crippen molar-refractivity contribution >= 4 is 71.7 Å². The van der Waals surface area contributed by atoms with Crippen LogP contribution in [0.4, 0.5) is 17.1 Å². The van der Waals surface area contributed by atoms with Crippen molar-refractivity contribution in [3.63, 3.8) is 0 Å². The fourth-order valence-electron chi connectivity index (χ4n) is 7.47. The highest BCUT2D eigenvalue weighted by molar-refractivity contribution is 6.21. The molecule has 0 N–H and O–H groups in total. The second kappa shape index (κ2) is 11.0. The summed E-state index contributed by atoms with van der Waals surface area (Å²) in [5, 5.41) is 6.57. The summed E-state index contributed by atoms with van der Waals surface area (Å²) in [4.78, 5) is 2.39. The molecule has 230 valence electrons. The van der Waals surface area contributed by atoms with Gasteiger partial charge in [0, 0.05) is 21.8 Å². The summed E-state index contributed by atoms with van der Waals surface area (Å²) < 4.78 is 13.1. The number of nitrogens with zero attached hydrogens (tertiary/aromatic N) is 1. The Labute approximate surface area is 282 Å². The third-order valence-electron chi connectivity index (χ3n) is 9.66. The monoisotopic (exact) mass is 627 g/mol. The molecule has 8 aromatic carbocycles. The van der Waals surface area contributed by atoms with Gasteiger partial charge in [-0.2, -0.15) is 0 Å². The van der Waals surface area contributed by atoms with E-state index >= 15 is 0 Å². The molecule has 0 saturated heterocycles. The second-order valence-electron chi connectivity index (χ2n) is 12.5. The molecule has 0 aliphatic heterocycles. The largest absolute Gasteiger partial charge is 0.456 e. The van der Waals surface area contributed by atoms with E-state index in [0.717, 1.165) is 82.8 Å². The Bertz CT molecular complexity index is 2830. The number of rotatable bonds is 5. The van der Waals surface area contributed by atoms with Gasteiger partial charge in [0.25, 0.3) is 0 Å². The molecule has 0 spiro atoms. The molecule has 0 bridgehead atoms. The maximum absolute atomic E-state index is 6.70. The van der Waals surface area contributed by atoms with Crippen LogP contribution in [0, 0.1) is 0 Å². The van der Waals surface area contributed by atoms with Gasteiger partial charge in [-0.1, -0.05) is 127 Å². The predicted octanol–water partition coefficient (Wildman–Crippen LogP) is 13.4. The van der Waals surface area contributed by atoms with Gasteiger partial charge in [0.2, 0.25) is 0 Å². The van der Waals surface area contributed by atoms with Crippen molar-refractivity contribution in [2.45, 2.75) is 0 Å². The molecule has 10 rings (SSSR count). The van der Waals surface area contributed by atoms with Crippen LogP contribution < -0.4 is 4.90 Å². The lowest BCUT2D eigenvalue weighted by Gasteiger charge is -2.28. The lowest BCUT2D eigenvalue weighted by molar-refractivity contribution is 0.669. The van der Waals surface area contributed by atoms with Crippen LogP contribution in [0.1, 0.15) is 0 Å². The Morgan fingerprint density at radius 3 is 1.71 bits per heavy atom. The van der Waals surface area contributed by atoms with E-state index in [4.69, 9.17) is 8.83 Å². The topological polar surface area (TPSA) is 29.5 Å². The zero-order valence-electron chi connectivity index (χ0n) is 26.5. The Hall–Kier alpha value is -6.58. The van der Waals surface area contributed by atoms with Gasteiger partial charge in [0.15, 0.2) is 0 Å². The summed E-state index contributed by atoms with van der Waals surface area (Å²) in [6.07, 6.45) is 0. The second-order valence-corrected chi connectivity index (χ2v) is 12.5. The minimum atomic E-state index is 0.849. The summed E-state index contributed by atoms with van der Waals surface area (Å²) in [5.74, 6) is 0. The van der Waals surface area contributed by atoms with Crippen LogP contribution in [0.3, 0.4) is 0 Å². The molecule has 0 aliphatic carbocycles. The molecule has 10 aromatic rings. The van der Waals surface area contributed by atoms with Gasteiger partial charge in [-0.05, 0) is 76.2 Å². The third-order valence-corrected chi connectivity index (χ3v) is 9.66. The van der Waals surface area contributed by atoms with Crippen LogP contribution >= 0.6 is 0 Å². The van der Waals surface area contributed by atoms with E-state index in [1.165, 1.54) is 11.1 Å². The molecule has 3 nitrogen and oxygen atoms in total. The van der Waals surface area contributed by atoms with Crippen molar-refractivity contribution in [3.05, 3.63) is 176 Å².